The van der Waals surface area contributed by atoms with Crippen LogP contribution < -0.4 is 11.5 Å². The summed E-state index contributed by atoms with van der Waals surface area (Å²) in [4.78, 5) is 0. The summed E-state index contributed by atoms with van der Waals surface area (Å²) in [6, 6.07) is 3.22. The molecule has 2 rings (SSSR count). The van der Waals surface area contributed by atoms with Gasteiger partial charge in [0.15, 0.2) is 11.6 Å². The average Bonchev–Trinajstić information content (AvgIpc) is 2.50. The summed E-state index contributed by atoms with van der Waals surface area (Å²) in [5, 5.41) is 3.94. The first kappa shape index (κ1) is 14.0. The summed E-state index contributed by atoms with van der Waals surface area (Å²) in [5.41, 5.74) is 11.2. The molecule has 0 aliphatic carbocycles. The number of halogens is 3. The molecule has 4 nitrogen and oxygen atoms in total. The molecule has 15 heavy (non-hydrogen) atoms. The van der Waals surface area contributed by atoms with Crippen molar-refractivity contribution in [1.29, 1.82) is 0 Å². The number of anilines is 1. The van der Waals surface area contributed by atoms with Gasteiger partial charge in [-0.15, -0.1) is 24.8 Å². The monoisotopic (exact) mass is 253 g/mol. The topological polar surface area (TPSA) is 78.1 Å². The highest BCUT2D eigenvalue weighted by molar-refractivity contribution is 5.87. The molecule has 0 atom stereocenters. The zero-order valence-electron chi connectivity index (χ0n) is 7.57. The van der Waals surface area contributed by atoms with E-state index in [4.69, 9.17) is 16.0 Å². The third-order valence-electron chi connectivity index (χ3n) is 1.91. The molecule has 84 valence electrons. The fourth-order valence-electron chi connectivity index (χ4n) is 1.19. The zero-order chi connectivity index (χ0) is 9.42. The molecule has 4 N–H and O–H groups in total. The van der Waals surface area contributed by atoms with Crippen LogP contribution in [0.2, 0.25) is 0 Å². The molecule has 0 fully saturated rings. The predicted molar refractivity (Wildman–Crippen MR) is 60.8 cm³/mol. The van der Waals surface area contributed by atoms with Gasteiger partial charge in [-0.05, 0) is 6.07 Å². The number of nitrogens with two attached hydrogens (primary N) is 2. The fraction of sp³-hybridized carbons (Fsp3) is 0.125. The van der Waals surface area contributed by atoms with E-state index in [2.05, 4.69) is 5.16 Å². The van der Waals surface area contributed by atoms with Crippen LogP contribution >= 0.6 is 24.8 Å². The van der Waals surface area contributed by atoms with E-state index in [1.165, 1.54) is 0 Å². The van der Waals surface area contributed by atoms with E-state index in [1.807, 2.05) is 0 Å². The third kappa shape index (κ3) is 2.14. The van der Waals surface area contributed by atoms with Crippen LogP contribution in [0.5, 0.6) is 0 Å². The van der Waals surface area contributed by atoms with Crippen molar-refractivity contribution in [1.82, 2.24) is 5.16 Å². The van der Waals surface area contributed by atoms with Crippen molar-refractivity contribution in [3.05, 3.63) is 23.5 Å². The van der Waals surface area contributed by atoms with Crippen LogP contribution in [0.3, 0.4) is 0 Å². The highest BCUT2D eigenvalue weighted by Gasteiger charge is 2.12. The lowest BCUT2D eigenvalue weighted by atomic mass is 10.1. The maximum Gasteiger partial charge on any atom is 0.204 e. The van der Waals surface area contributed by atoms with E-state index in [1.54, 1.807) is 12.1 Å². The molecule has 0 spiro atoms. The smallest absolute Gasteiger partial charge is 0.204 e. The quantitative estimate of drug-likeness (QED) is 0.814. The molecule has 0 amide bonds. The maximum atomic E-state index is 13.4. The summed E-state index contributed by atoms with van der Waals surface area (Å²) >= 11 is 0. The minimum atomic E-state index is -0.482. The Bertz CT molecular complexity index is 460. The predicted octanol–water partition coefficient (Wildman–Crippen LogP) is 1.85. The average molecular weight is 254 g/mol. The SMILES string of the molecule is Cl.Cl.NCc1ccc2c(N)noc2c1F. The van der Waals surface area contributed by atoms with E-state index in [0.717, 1.165) is 0 Å². The van der Waals surface area contributed by atoms with Gasteiger partial charge in [0, 0.05) is 12.1 Å². The van der Waals surface area contributed by atoms with Crippen LogP contribution in [0.25, 0.3) is 11.0 Å². The Hall–Kier alpha value is -1.04. The Kier molecular flexibility index (Phi) is 4.80. The fourth-order valence-corrected chi connectivity index (χ4v) is 1.19. The van der Waals surface area contributed by atoms with Crippen molar-refractivity contribution in [2.45, 2.75) is 6.54 Å². The number of nitrogens with zero attached hydrogens (tertiary/aromatic N) is 1. The Balaban J connectivity index is 0.000000980. The largest absolute Gasteiger partial charge is 0.380 e. The van der Waals surface area contributed by atoms with Crippen LogP contribution in [0.4, 0.5) is 10.2 Å². The van der Waals surface area contributed by atoms with Crippen LogP contribution in [-0.4, -0.2) is 5.16 Å². The van der Waals surface area contributed by atoms with Gasteiger partial charge in [-0.25, -0.2) is 4.39 Å². The van der Waals surface area contributed by atoms with Crippen molar-refractivity contribution in [2.75, 3.05) is 5.73 Å². The van der Waals surface area contributed by atoms with Crippen LogP contribution in [0.15, 0.2) is 16.7 Å². The van der Waals surface area contributed by atoms with E-state index < -0.39 is 5.82 Å². The lowest BCUT2D eigenvalue weighted by Gasteiger charge is -1.97. The number of aromatic nitrogens is 1. The standard InChI is InChI=1S/C8H8FN3O.2ClH/c9-6-4(3-10)1-2-5-7(6)13-12-8(5)11;;/h1-2H,3,10H2,(H2,11,12);2*1H. The van der Waals surface area contributed by atoms with Gasteiger partial charge in [-0.3, -0.25) is 0 Å². The number of hydrogen-bond acceptors (Lipinski definition) is 4. The summed E-state index contributed by atoms with van der Waals surface area (Å²) < 4.78 is 18.1. The van der Waals surface area contributed by atoms with Gasteiger partial charge in [0.05, 0.1) is 5.39 Å². The van der Waals surface area contributed by atoms with E-state index in [9.17, 15) is 4.39 Å². The van der Waals surface area contributed by atoms with Crippen LogP contribution in [-0.2, 0) is 6.54 Å². The molecule has 0 aliphatic heterocycles. The molecule has 0 saturated heterocycles. The van der Waals surface area contributed by atoms with Gasteiger partial charge in [0.2, 0.25) is 5.58 Å². The molecule has 1 aromatic heterocycles. The Morgan fingerprint density at radius 1 is 1.33 bits per heavy atom. The van der Waals surface area contributed by atoms with Crippen molar-refractivity contribution in [2.24, 2.45) is 5.73 Å². The van der Waals surface area contributed by atoms with Crippen LogP contribution in [0, 0.1) is 5.82 Å². The van der Waals surface area contributed by atoms with Gasteiger partial charge in [0.1, 0.15) is 0 Å². The molecule has 1 heterocycles. The molecule has 0 bridgehead atoms. The molecular formula is C8H10Cl2FN3O. The van der Waals surface area contributed by atoms with Gasteiger partial charge >= 0.3 is 0 Å². The van der Waals surface area contributed by atoms with Crippen LogP contribution in [0.1, 0.15) is 5.56 Å². The van der Waals surface area contributed by atoms with Crippen molar-refractivity contribution in [3.8, 4) is 0 Å². The van der Waals surface area contributed by atoms with E-state index in [0.29, 0.717) is 10.9 Å². The van der Waals surface area contributed by atoms with Crippen molar-refractivity contribution < 1.29 is 8.91 Å². The second-order valence-corrected chi connectivity index (χ2v) is 2.69. The molecule has 7 heteroatoms. The summed E-state index contributed by atoms with van der Waals surface area (Å²) in [6.07, 6.45) is 0. The molecule has 0 aliphatic rings. The second kappa shape index (κ2) is 5.16. The van der Waals surface area contributed by atoms with Crippen molar-refractivity contribution >= 4 is 41.6 Å². The molecular weight excluding hydrogens is 244 g/mol. The minimum Gasteiger partial charge on any atom is -0.380 e. The normalized spacial score (nSPS) is 9.47. The summed E-state index contributed by atoms with van der Waals surface area (Å²) in [7, 11) is 0. The lowest BCUT2D eigenvalue weighted by molar-refractivity contribution is 0.442. The number of rotatable bonds is 1. The van der Waals surface area contributed by atoms with Gasteiger partial charge < -0.3 is 16.0 Å². The Morgan fingerprint density at radius 3 is 2.60 bits per heavy atom. The van der Waals surface area contributed by atoms with Gasteiger partial charge in [0.25, 0.3) is 0 Å². The van der Waals surface area contributed by atoms with Crippen molar-refractivity contribution in [3.63, 3.8) is 0 Å². The summed E-state index contributed by atoms with van der Waals surface area (Å²) in [6.45, 7) is 0.127. The molecule has 0 unspecified atom stereocenters. The van der Waals surface area contributed by atoms with Gasteiger partial charge in [-0.1, -0.05) is 11.2 Å². The molecule has 2 aromatic rings. The zero-order valence-corrected chi connectivity index (χ0v) is 9.20. The highest BCUT2D eigenvalue weighted by Crippen LogP contribution is 2.24. The molecule has 0 saturated carbocycles. The number of nitrogen functional groups attached to an aromatic ring is 1. The Labute approximate surface area is 97.6 Å². The van der Waals surface area contributed by atoms with Gasteiger partial charge in [-0.2, -0.15) is 0 Å². The van der Waals surface area contributed by atoms with E-state index in [-0.39, 0.29) is 42.8 Å². The lowest BCUT2D eigenvalue weighted by Crippen LogP contribution is -1.99. The first-order chi connectivity index (χ1) is 6.24. The summed E-state index contributed by atoms with van der Waals surface area (Å²) in [5.74, 6) is -0.290. The molecule has 1 aromatic carbocycles. The number of fused-ring (bicyclic) bond motifs is 1. The highest BCUT2D eigenvalue weighted by atomic mass is 35.5. The maximum absolute atomic E-state index is 13.4. The second-order valence-electron chi connectivity index (χ2n) is 2.69. The third-order valence-corrected chi connectivity index (χ3v) is 1.91. The number of benzene rings is 1. The first-order valence-electron chi connectivity index (χ1n) is 3.76. The Morgan fingerprint density at radius 2 is 2.00 bits per heavy atom. The number of hydrogen-bond donors (Lipinski definition) is 2. The first-order valence-corrected chi connectivity index (χ1v) is 3.76. The van der Waals surface area contributed by atoms with E-state index >= 15 is 0 Å². The molecule has 0 radical (unpaired) electrons. The minimum absolute atomic E-state index is 0.